The zero-order chi connectivity index (χ0) is 18.7. The number of hydrogen-bond acceptors (Lipinski definition) is 4. The molecule has 0 atom stereocenters. The fourth-order valence-electron chi connectivity index (χ4n) is 2.99. The Morgan fingerprint density at radius 3 is 2.62 bits per heavy atom. The fourth-order valence-corrected chi connectivity index (χ4v) is 4.07. The summed E-state index contributed by atoms with van der Waals surface area (Å²) >= 11 is 1.54. The van der Waals surface area contributed by atoms with Crippen LogP contribution in [0.1, 0.15) is 18.1 Å². The molecule has 3 rings (SSSR count). The van der Waals surface area contributed by atoms with Crippen LogP contribution in [0, 0.1) is 0 Å². The second-order valence-corrected chi connectivity index (χ2v) is 6.94. The minimum Gasteiger partial charge on any atom is -0.493 e. The first-order chi connectivity index (χ1) is 12.6. The van der Waals surface area contributed by atoms with Gasteiger partial charge in [0.1, 0.15) is 0 Å². The smallest absolute Gasteiger partial charge is 0.252 e. The number of thiazole rings is 1. The number of carbonyl (C=O) groups is 1. The van der Waals surface area contributed by atoms with Crippen molar-refractivity contribution in [2.75, 3.05) is 14.2 Å². The van der Waals surface area contributed by atoms with Gasteiger partial charge in [0.25, 0.3) is 5.91 Å². The molecule has 6 heteroatoms. The van der Waals surface area contributed by atoms with Crippen molar-refractivity contribution in [3.05, 3.63) is 52.3 Å². The van der Waals surface area contributed by atoms with Gasteiger partial charge in [-0.25, -0.2) is 0 Å². The van der Waals surface area contributed by atoms with E-state index in [1.807, 2.05) is 29.8 Å². The van der Waals surface area contributed by atoms with Crippen LogP contribution in [0.15, 0.2) is 41.4 Å². The first-order valence-electron chi connectivity index (χ1n) is 8.43. The van der Waals surface area contributed by atoms with Crippen molar-refractivity contribution in [2.45, 2.75) is 19.8 Å². The van der Waals surface area contributed by atoms with E-state index in [1.54, 1.807) is 20.3 Å². The predicted octanol–water partition coefficient (Wildman–Crippen LogP) is 3.49. The molecule has 0 radical (unpaired) electrons. The van der Waals surface area contributed by atoms with Crippen LogP contribution < -0.4 is 14.3 Å². The quantitative estimate of drug-likeness (QED) is 0.691. The second kappa shape index (κ2) is 7.74. The molecule has 1 amide bonds. The van der Waals surface area contributed by atoms with Crippen LogP contribution in [0.4, 0.5) is 0 Å². The highest BCUT2D eigenvalue weighted by molar-refractivity contribution is 7.16. The molecule has 0 aliphatic rings. The van der Waals surface area contributed by atoms with Crippen molar-refractivity contribution < 1.29 is 14.3 Å². The van der Waals surface area contributed by atoms with Crippen LogP contribution in [0.5, 0.6) is 11.5 Å². The fraction of sp³-hybridized carbons (Fsp3) is 0.300. The summed E-state index contributed by atoms with van der Waals surface area (Å²) in [6, 6.07) is 11.7. The van der Waals surface area contributed by atoms with Crippen molar-refractivity contribution in [2.24, 2.45) is 12.0 Å². The second-order valence-electron chi connectivity index (χ2n) is 5.93. The Morgan fingerprint density at radius 1 is 1.15 bits per heavy atom. The van der Waals surface area contributed by atoms with Gasteiger partial charge in [0.15, 0.2) is 16.3 Å². The number of nitrogens with zero attached hydrogens (tertiary/aromatic N) is 2. The van der Waals surface area contributed by atoms with Crippen LogP contribution >= 0.6 is 11.3 Å². The maximum absolute atomic E-state index is 12.5. The van der Waals surface area contributed by atoms with Crippen LogP contribution in [0.2, 0.25) is 0 Å². The largest absolute Gasteiger partial charge is 0.493 e. The third kappa shape index (κ3) is 3.51. The Balaban J connectivity index is 1.92. The standard InChI is InChI=1S/C20H22N2O3S/c1-5-14-7-6-8-17-19(14)22(2)20(26-17)21-18(23)12-13-9-10-15(24-3)16(11-13)25-4/h6-11H,5,12H2,1-4H3. The lowest BCUT2D eigenvalue weighted by molar-refractivity contribution is -0.117. The summed E-state index contributed by atoms with van der Waals surface area (Å²) in [6.45, 7) is 2.13. The van der Waals surface area contributed by atoms with Crippen molar-refractivity contribution in [1.29, 1.82) is 0 Å². The molecule has 0 fully saturated rings. The Kier molecular flexibility index (Phi) is 5.42. The maximum atomic E-state index is 12.5. The van der Waals surface area contributed by atoms with Gasteiger partial charge in [-0.05, 0) is 35.7 Å². The highest BCUT2D eigenvalue weighted by atomic mass is 32.1. The molecule has 136 valence electrons. The van der Waals surface area contributed by atoms with Gasteiger partial charge >= 0.3 is 0 Å². The summed E-state index contributed by atoms with van der Waals surface area (Å²) in [6.07, 6.45) is 1.16. The molecule has 0 saturated carbocycles. The van der Waals surface area contributed by atoms with Gasteiger partial charge in [0, 0.05) is 7.05 Å². The van der Waals surface area contributed by atoms with E-state index in [0.717, 1.165) is 22.2 Å². The Hall–Kier alpha value is -2.60. The maximum Gasteiger partial charge on any atom is 0.252 e. The SMILES string of the molecule is CCc1cccc2sc(=NC(=O)Cc3ccc(OC)c(OC)c3)n(C)c12. The Labute approximate surface area is 156 Å². The summed E-state index contributed by atoms with van der Waals surface area (Å²) in [4.78, 5) is 17.5. The molecular weight excluding hydrogens is 348 g/mol. The predicted molar refractivity (Wildman–Crippen MR) is 104 cm³/mol. The number of aryl methyl sites for hydroxylation is 2. The topological polar surface area (TPSA) is 52.8 Å². The molecule has 5 nitrogen and oxygen atoms in total. The van der Waals surface area contributed by atoms with Crippen molar-refractivity contribution in [3.63, 3.8) is 0 Å². The zero-order valence-corrected chi connectivity index (χ0v) is 16.2. The van der Waals surface area contributed by atoms with Gasteiger partial charge in [-0.1, -0.05) is 36.5 Å². The molecule has 0 spiro atoms. The molecule has 0 aliphatic carbocycles. The van der Waals surface area contributed by atoms with Crippen molar-refractivity contribution in [1.82, 2.24) is 4.57 Å². The van der Waals surface area contributed by atoms with Gasteiger partial charge in [-0.3, -0.25) is 4.79 Å². The summed E-state index contributed by atoms with van der Waals surface area (Å²) in [5.41, 5.74) is 3.25. The van der Waals surface area contributed by atoms with Gasteiger partial charge in [0.05, 0.1) is 30.9 Å². The van der Waals surface area contributed by atoms with E-state index in [9.17, 15) is 4.79 Å². The van der Waals surface area contributed by atoms with E-state index in [4.69, 9.17) is 9.47 Å². The molecule has 0 saturated heterocycles. The minimum atomic E-state index is -0.183. The number of amides is 1. The van der Waals surface area contributed by atoms with Crippen molar-refractivity contribution in [3.8, 4) is 11.5 Å². The van der Waals surface area contributed by atoms with E-state index in [1.165, 1.54) is 16.9 Å². The van der Waals surface area contributed by atoms with Gasteiger partial charge < -0.3 is 14.0 Å². The lowest BCUT2D eigenvalue weighted by atomic mass is 10.1. The monoisotopic (exact) mass is 370 g/mol. The third-order valence-electron chi connectivity index (χ3n) is 4.31. The number of rotatable bonds is 5. The number of hydrogen-bond donors (Lipinski definition) is 0. The molecular formula is C20H22N2O3S. The van der Waals surface area contributed by atoms with Gasteiger partial charge in [0.2, 0.25) is 0 Å². The number of aromatic nitrogens is 1. The molecule has 0 bridgehead atoms. The molecule has 0 unspecified atom stereocenters. The summed E-state index contributed by atoms with van der Waals surface area (Å²) in [5.74, 6) is 1.07. The van der Waals surface area contributed by atoms with E-state index in [-0.39, 0.29) is 12.3 Å². The van der Waals surface area contributed by atoms with Crippen LogP contribution in [-0.4, -0.2) is 24.7 Å². The molecule has 26 heavy (non-hydrogen) atoms. The number of benzene rings is 2. The van der Waals surface area contributed by atoms with Crippen molar-refractivity contribution >= 4 is 27.5 Å². The number of para-hydroxylation sites is 1. The molecule has 3 aromatic rings. The lowest BCUT2D eigenvalue weighted by Gasteiger charge is -2.08. The van der Waals surface area contributed by atoms with E-state index < -0.39 is 0 Å². The Bertz CT molecular complexity index is 1020. The average molecular weight is 370 g/mol. The highest BCUT2D eigenvalue weighted by Crippen LogP contribution is 2.27. The summed E-state index contributed by atoms with van der Waals surface area (Å²) in [5, 5.41) is 0. The number of fused-ring (bicyclic) bond motifs is 1. The molecule has 1 aromatic heterocycles. The minimum absolute atomic E-state index is 0.183. The zero-order valence-electron chi connectivity index (χ0n) is 15.4. The highest BCUT2D eigenvalue weighted by Gasteiger charge is 2.10. The lowest BCUT2D eigenvalue weighted by Crippen LogP contribution is -2.14. The number of ether oxygens (including phenoxy) is 2. The van der Waals surface area contributed by atoms with E-state index in [2.05, 4.69) is 24.0 Å². The summed E-state index contributed by atoms with van der Waals surface area (Å²) in [7, 11) is 5.13. The van der Waals surface area contributed by atoms with E-state index in [0.29, 0.717) is 16.3 Å². The van der Waals surface area contributed by atoms with Gasteiger partial charge in [-0.15, -0.1) is 0 Å². The Morgan fingerprint density at radius 2 is 1.92 bits per heavy atom. The normalized spacial score (nSPS) is 11.8. The first-order valence-corrected chi connectivity index (χ1v) is 9.25. The molecule has 0 aliphatic heterocycles. The van der Waals surface area contributed by atoms with E-state index >= 15 is 0 Å². The molecule has 1 heterocycles. The molecule has 2 aromatic carbocycles. The number of methoxy groups -OCH3 is 2. The van der Waals surface area contributed by atoms with Crippen LogP contribution in [-0.2, 0) is 24.7 Å². The third-order valence-corrected chi connectivity index (χ3v) is 5.41. The molecule has 0 N–H and O–H groups in total. The number of carbonyl (C=O) groups excluding carboxylic acids is 1. The van der Waals surface area contributed by atoms with Gasteiger partial charge in [-0.2, -0.15) is 4.99 Å². The average Bonchev–Trinajstić information content (AvgIpc) is 2.97. The van der Waals surface area contributed by atoms with Crippen LogP contribution in [0.25, 0.3) is 10.2 Å². The first kappa shape index (κ1) is 18.2. The van der Waals surface area contributed by atoms with Crippen LogP contribution in [0.3, 0.4) is 0 Å². The summed E-state index contributed by atoms with van der Waals surface area (Å²) < 4.78 is 13.7.